The number of rotatable bonds is 7. The molecule has 7 heteroatoms. The number of hydrogen-bond donors (Lipinski definition) is 1. The molecule has 0 aromatic carbocycles. The highest BCUT2D eigenvalue weighted by Crippen LogP contribution is 2.67. The highest BCUT2D eigenvalue weighted by Gasteiger charge is 2.64. The second-order valence-corrected chi connectivity index (χ2v) is 14.2. The van der Waals surface area contributed by atoms with Gasteiger partial charge in [-0.2, -0.15) is 0 Å². The van der Waals surface area contributed by atoms with Gasteiger partial charge in [-0.3, -0.25) is 14.4 Å². The number of hydrogen-bond acceptors (Lipinski definition) is 7. The maximum atomic E-state index is 12.8. The molecule has 4 aliphatic carbocycles. The van der Waals surface area contributed by atoms with Gasteiger partial charge >= 0.3 is 11.9 Å². The van der Waals surface area contributed by atoms with Crippen molar-refractivity contribution in [3.63, 3.8) is 0 Å². The Kier molecular flexibility index (Phi) is 6.98. The second-order valence-electron chi connectivity index (χ2n) is 14.2. The number of methoxy groups -OCH3 is 1. The number of esters is 2. The van der Waals surface area contributed by atoms with Gasteiger partial charge in [-0.25, -0.2) is 0 Å². The van der Waals surface area contributed by atoms with Crippen molar-refractivity contribution in [2.75, 3.05) is 7.11 Å². The van der Waals surface area contributed by atoms with Gasteiger partial charge in [0.2, 0.25) is 0 Å². The lowest BCUT2D eigenvalue weighted by Gasteiger charge is -2.59. The number of ketones is 1. The quantitative estimate of drug-likeness (QED) is 0.276. The van der Waals surface area contributed by atoms with Crippen molar-refractivity contribution in [3.8, 4) is 0 Å². The first-order valence-electron chi connectivity index (χ1n) is 14.7. The number of fused-ring (bicyclic) bond motifs is 5. The Bertz CT molecular complexity index is 1110. The lowest BCUT2D eigenvalue weighted by Crippen LogP contribution is -2.55. The fraction of sp³-hybridized carbons (Fsp3) is 0.781. The van der Waals surface area contributed by atoms with Gasteiger partial charge in [-0.05, 0) is 100 Å². The molecule has 1 heterocycles. The summed E-state index contributed by atoms with van der Waals surface area (Å²) >= 11 is 0. The molecule has 7 nitrogen and oxygen atoms in total. The number of aliphatic hydroxyl groups excluding tert-OH is 1. The van der Waals surface area contributed by atoms with E-state index < -0.39 is 30.1 Å². The molecular weight excluding hydrogens is 496 g/mol. The Hall–Kier alpha value is -1.99. The van der Waals surface area contributed by atoms with Gasteiger partial charge < -0.3 is 19.3 Å². The Morgan fingerprint density at radius 3 is 2.44 bits per heavy atom. The Balaban J connectivity index is 1.39. The van der Waals surface area contributed by atoms with Crippen LogP contribution in [-0.2, 0) is 28.6 Å². The average Bonchev–Trinajstić information content (AvgIpc) is 3.16. The molecule has 0 bridgehead atoms. The maximum Gasteiger partial charge on any atom is 0.317 e. The summed E-state index contributed by atoms with van der Waals surface area (Å²) in [5.74, 6) is 0.0729. The Morgan fingerprint density at radius 1 is 1.10 bits per heavy atom. The minimum absolute atomic E-state index is 0.00117. The Morgan fingerprint density at radius 2 is 1.79 bits per heavy atom. The van der Waals surface area contributed by atoms with Crippen LogP contribution >= 0.6 is 0 Å². The molecule has 10 atom stereocenters. The first-order valence-corrected chi connectivity index (χ1v) is 14.7. The number of epoxide rings is 1. The lowest BCUT2D eigenvalue weighted by molar-refractivity contribution is -0.162. The van der Waals surface area contributed by atoms with Crippen molar-refractivity contribution in [3.05, 3.63) is 23.8 Å². The maximum absolute atomic E-state index is 12.8. The summed E-state index contributed by atoms with van der Waals surface area (Å²) < 4.78 is 16.8. The van der Waals surface area contributed by atoms with E-state index in [0.717, 1.165) is 31.3 Å². The van der Waals surface area contributed by atoms with Gasteiger partial charge in [0.1, 0.15) is 12.5 Å². The zero-order valence-corrected chi connectivity index (χ0v) is 24.6. The number of carbonyl (C=O) groups excluding carboxylic acids is 3. The standard InChI is InChI=1S/C32H46O7/c1-18(25(17-32(6)29(2,3)39-32)38-27(36)16-26(35)37-7)21-8-9-22-28-23(11-13-31(21,22)5)30(4)12-10-20(33)14-19(30)15-24(28)34/h10,12,14,18,21-25,28,34H,8-9,11,13,15-17H2,1-7H3/t18-,21+,22-,23-,24+,25+,28-,30-,31+,32-/m0/s1. The first-order chi connectivity index (χ1) is 18.1. The van der Waals surface area contributed by atoms with Crippen LogP contribution in [-0.4, -0.2) is 53.3 Å². The van der Waals surface area contributed by atoms with Gasteiger partial charge in [0, 0.05) is 11.8 Å². The topological polar surface area (TPSA) is 102 Å². The van der Waals surface area contributed by atoms with E-state index in [0.29, 0.717) is 30.6 Å². The van der Waals surface area contributed by atoms with Crippen molar-refractivity contribution < 1.29 is 33.7 Å². The van der Waals surface area contributed by atoms with Crippen molar-refractivity contribution in [2.45, 2.75) is 110 Å². The largest absolute Gasteiger partial charge is 0.469 e. The number of allylic oxidation sites excluding steroid dienone is 3. The van der Waals surface area contributed by atoms with Gasteiger partial charge in [-0.1, -0.05) is 32.4 Å². The van der Waals surface area contributed by atoms with Crippen LogP contribution in [0.3, 0.4) is 0 Å². The van der Waals surface area contributed by atoms with Crippen molar-refractivity contribution >= 4 is 17.7 Å². The second kappa shape index (κ2) is 9.54. The SMILES string of the molecule is COC(=O)CC(=O)O[C@H](C[C@]1(C)OC1(C)C)[C@@H](C)[C@H]1CC[C@H]2[C@@H]3[C@H](O)CC4=CC(=O)C=C[C@]4(C)[C@H]3CC[C@]12C. The van der Waals surface area contributed by atoms with E-state index in [1.807, 2.05) is 0 Å². The molecule has 4 fully saturated rings. The third-order valence-corrected chi connectivity index (χ3v) is 12.0. The number of aliphatic hydroxyl groups is 1. The number of ether oxygens (including phenoxy) is 3. The highest BCUT2D eigenvalue weighted by atomic mass is 16.6. The predicted octanol–water partition coefficient (Wildman–Crippen LogP) is 4.95. The minimum atomic E-state index is -0.599. The highest BCUT2D eigenvalue weighted by molar-refractivity contribution is 6.01. The number of carbonyl (C=O) groups is 3. The fourth-order valence-electron chi connectivity index (χ4n) is 9.28. The smallest absolute Gasteiger partial charge is 0.317 e. The van der Waals surface area contributed by atoms with Crippen LogP contribution in [0.1, 0.15) is 86.5 Å². The van der Waals surface area contributed by atoms with Crippen LogP contribution in [0, 0.1) is 40.4 Å². The van der Waals surface area contributed by atoms with Crippen molar-refractivity contribution in [1.29, 1.82) is 0 Å². The molecule has 0 spiro atoms. The molecule has 0 unspecified atom stereocenters. The fourth-order valence-corrected chi connectivity index (χ4v) is 9.28. The molecule has 1 aliphatic heterocycles. The third-order valence-electron chi connectivity index (χ3n) is 12.0. The van der Waals surface area contributed by atoms with Gasteiger partial charge in [0.25, 0.3) is 0 Å². The molecule has 0 aromatic rings. The molecule has 5 aliphatic rings. The van der Waals surface area contributed by atoms with Crippen LogP contribution in [0.15, 0.2) is 23.8 Å². The molecule has 1 N–H and O–H groups in total. The van der Waals surface area contributed by atoms with E-state index in [1.165, 1.54) is 7.11 Å². The predicted molar refractivity (Wildman–Crippen MR) is 145 cm³/mol. The molecule has 1 saturated heterocycles. The summed E-state index contributed by atoms with van der Waals surface area (Å²) in [6.07, 6.45) is 9.52. The summed E-state index contributed by atoms with van der Waals surface area (Å²) in [7, 11) is 1.27. The van der Waals surface area contributed by atoms with Crippen molar-refractivity contribution in [2.24, 2.45) is 40.4 Å². The molecular formula is C32H46O7. The van der Waals surface area contributed by atoms with Crippen molar-refractivity contribution in [1.82, 2.24) is 0 Å². The molecule has 0 aromatic heterocycles. The summed E-state index contributed by atoms with van der Waals surface area (Å²) in [6.45, 7) is 13.0. The lowest BCUT2D eigenvalue weighted by atomic mass is 9.46. The molecule has 0 amide bonds. The third kappa shape index (κ3) is 4.61. The van der Waals surface area contributed by atoms with E-state index >= 15 is 0 Å². The van der Waals surface area contributed by atoms with Gasteiger partial charge in [-0.15, -0.1) is 0 Å². The summed E-state index contributed by atoms with van der Waals surface area (Å²) in [5.41, 5.74) is 0.213. The van der Waals surface area contributed by atoms with E-state index in [-0.39, 0.29) is 40.2 Å². The average molecular weight is 543 g/mol. The summed E-state index contributed by atoms with van der Waals surface area (Å²) in [6, 6.07) is 0. The van der Waals surface area contributed by atoms with Crippen LogP contribution in [0.2, 0.25) is 0 Å². The summed E-state index contributed by atoms with van der Waals surface area (Å²) in [5, 5.41) is 11.5. The molecule has 0 radical (unpaired) electrons. The van der Waals surface area contributed by atoms with Gasteiger partial charge in [0.05, 0.1) is 24.4 Å². The molecule has 216 valence electrons. The van der Waals surface area contributed by atoms with Crippen LogP contribution < -0.4 is 0 Å². The van der Waals surface area contributed by atoms with Gasteiger partial charge in [0.15, 0.2) is 5.78 Å². The van der Waals surface area contributed by atoms with E-state index in [1.54, 1.807) is 12.2 Å². The molecule has 39 heavy (non-hydrogen) atoms. The monoisotopic (exact) mass is 542 g/mol. The Labute approximate surface area is 232 Å². The minimum Gasteiger partial charge on any atom is -0.469 e. The normalized spacial score (nSPS) is 43.3. The van der Waals surface area contributed by atoms with E-state index in [9.17, 15) is 19.5 Å². The van der Waals surface area contributed by atoms with Crippen LogP contribution in [0.5, 0.6) is 0 Å². The van der Waals surface area contributed by atoms with E-state index in [2.05, 4.69) is 47.6 Å². The summed E-state index contributed by atoms with van der Waals surface area (Å²) in [4.78, 5) is 36.7. The zero-order valence-electron chi connectivity index (χ0n) is 24.6. The first kappa shape index (κ1) is 28.5. The molecule has 3 saturated carbocycles. The molecule has 5 rings (SSSR count). The van der Waals surface area contributed by atoms with Crippen LogP contribution in [0.4, 0.5) is 0 Å². The zero-order chi connectivity index (χ0) is 28.5. The van der Waals surface area contributed by atoms with Crippen LogP contribution in [0.25, 0.3) is 0 Å². The van der Waals surface area contributed by atoms with E-state index in [4.69, 9.17) is 14.2 Å².